The van der Waals surface area contributed by atoms with Crippen molar-refractivity contribution >= 4 is 5.97 Å². The Kier molecular flexibility index (Phi) is 7.71. The number of rotatable bonds is 9. The first kappa shape index (κ1) is 22.1. The number of nitrogens with zero attached hydrogens (tertiary/aromatic N) is 1. The van der Waals surface area contributed by atoms with Crippen molar-refractivity contribution in [3.63, 3.8) is 0 Å². The SMILES string of the molecule is COc1cc(CC(O)CC2CCN(Cc3ccccc3)CC2)c(C(=O)O)cc1OC. The highest BCUT2D eigenvalue weighted by Crippen LogP contribution is 2.32. The number of aliphatic hydroxyl groups is 1. The molecule has 0 saturated carbocycles. The Labute approximate surface area is 178 Å². The molecular weight excluding hydrogens is 382 g/mol. The summed E-state index contributed by atoms with van der Waals surface area (Å²) < 4.78 is 10.5. The number of methoxy groups -OCH3 is 2. The van der Waals surface area contributed by atoms with Gasteiger partial charge in [0.2, 0.25) is 0 Å². The number of carboxylic acid groups (broad SMARTS) is 1. The molecule has 0 amide bonds. The monoisotopic (exact) mass is 413 g/mol. The molecule has 3 rings (SSSR count). The van der Waals surface area contributed by atoms with E-state index in [1.165, 1.54) is 25.8 Å². The molecule has 2 aromatic carbocycles. The smallest absolute Gasteiger partial charge is 0.336 e. The lowest BCUT2D eigenvalue weighted by molar-refractivity contribution is 0.0693. The first-order valence-electron chi connectivity index (χ1n) is 10.4. The van der Waals surface area contributed by atoms with Gasteiger partial charge in [-0.25, -0.2) is 4.79 Å². The van der Waals surface area contributed by atoms with Gasteiger partial charge in [-0.3, -0.25) is 4.90 Å². The van der Waals surface area contributed by atoms with Gasteiger partial charge in [0.05, 0.1) is 25.9 Å². The second-order valence-corrected chi connectivity index (χ2v) is 7.97. The van der Waals surface area contributed by atoms with Crippen LogP contribution in [0, 0.1) is 5.92 Å². The topological polar surface area (TPSA) is 79.2 Å². The highest BCUT2D eigenvalue weighted by molar-refractivity contribution is 5.90. The van der Waals surface area contributed by atoms with E-state index in [9.17, 15) is 15.0 Å². The fourth-order valence-electron chi connectivity index (χ4n) is 4.23. The average Bonchev–Trinajstić information content (AvgIpc) is 2.75. The number of ether oxygens (including phenoxy) is 2. The fraction of sp³-hybridized carbons (Fsp3) is 0.458. The van der Waals surface area contributed by atoms with Crippen LogP contribution in [-0.4, -0.2) is 54.5 Å². The Balaban J connectivity index is 1.56. The van der Waals surface area contributed by atoms with Crippen molar-refractivity contribution in [2.24, 2.45) is 5.92 Å². The van der Waals surface area contributed by atoms with E-state index >= 15 is 0 Å². The molecule has 2 aromatic rings. The fourth-order valence-corrected chi connectivity index (χ4v) is 4.23. The molecule has 1 fully saturated rings. The predicted octanol–water partition coefficient (Wildman–Crippen LogP) is 3.61. The maximum Gasteiger partial charge on any atom is 0.336 e. The van der Waals surface area contributed by atoms with Crippen molar-refractivity contribution in [1.29, 1.82) is 0 Å². The highest BCUT2D eigenvalue weighted by atomic mass is 16.5. The van der Waals surface area contributed by atoms with Gasteiger partial charge < -0.3 is 19.7 Å². The van der Waals surface area contributed by atoms with Crippen molar-refractivity contribution in [2.45, 2.75) is 38.3 Å². The Bertz CT molecular complexity index is 831. The molecule has 6 heteroatoms. The molecule has 0 bridgehead atoms. The molecule has 1 saturated heterocycles. The molecule has 1 aliphatic rings. The quantitative estimate of drug-likeness (QED) is 0.654. The Hall–Kier alpha value is -2.57. The van der Waals surface area contributed by atoms with Crippen LogP contribution in [0.25, 0.3) is 0 Å². The minimum atomic E-state index is -1.03. The first-order valence-corrected chi connectivity index (χ1v) is 10.4. The molecule has 0 aliphatic carbocycles. The van der Waals surface area contributed by atoms with Gasteiger partial charge in [0, 0.05) is 6.54 Å². The number of carboxylic acids is 1. The van der Waals surface area contributed by atoms with E-state index in [0.29, 0.717) is 29.4 Å². The van der Waals surface area contributed by atoms with Crippen LogP contribution in [0.15, 0.2) is 42.5 Å². The van der Waals surface area contributed by atoms with E-state index in [1.54, 1.807) is 6.07 Å². The summed E-state index contributed by atoms with van der Waals surface area (Å²) in [6.07, 6.45) is 2.45. The normalized spacial score (nSPS) is 16.2. The lowest BCUT2D eigenvalue weighted by Gasteiger charge is -2.33. The number of likely N-dealkylation sites (tertiary alicyclic amines) is 1. The van der Waals surface area contributed by atoms with E-state index in [1.807, 2.05) is 6.07 Å². The number of aliphatic hydroxyl groups excluding tert-OH is 1. The molecule has 0 aromatic heterocycles. The summed E-state index contributed by atoms with van der Waals surface area (Å²) in [5.41, 5.74) is 2.03. The summed E-state index contributed by atoms with van der Waals surface area (Å²) in [6, 6.07) is 13.6. The van der Waals surface area contributed by atoms with Crippen LogP contribution in [0.2, 0.25) is 0 Å². The number of piperidine rings is 1. The zero-order chi connectivity index (χ0) is 21.5. The summed E-state index contributed by atoms with van der Waals surface area (Å²) >= 11 is 0. The summed E-state index contributed by atoms with van der Waals surface area (Å²) in [7, 11) is 2.99. The van der Waals surface area contributed by atoms with Gasteiger partial charge in [-0.1, -0.05) is 30.3 Å². The third-order valence-corrected chi connectivity index (χ3v) is 5.86. The summed E-state index contributed by atoms with van der Waals surface area (Å²) in [6.45, 7) is 3.00. The van der Waals surface area contributed by atoms with Crippen LogP contribution in [0.5, 0.6) is 11.5 Å². The number of hydrogen-bond acceptors (Lipinski definition) is 5. The lowest BCUT2D eigenvalue weighted by Crippen LogP contribution is -2.34. The Morgan fingerprint density at radius 2 is 1.73 bits per heavy atom. The molecular formula is C24H31NO5. The maximum atomic E-state index is 11.7. The molecule has 162 valence electrons. The Morgan fingerprint density at radius 3 is 2.33 bits per heavy atom. The summed E-state index contributed by atoms with van der Waals surface area (Å²) in [4.78, 5) is 14.1. The van der Waals surface area contributed by atoms with E-state index < -0.39 is 12.1 Å². The first-order chi connectivity index (χ1) is 14.5. The van der Waals surface area contributed by atoms with Crippen molar-refractivity contribution < 1.29 is 24.5 Å². The molecule has 6 nitrogen and oxygen atoms in total. The van der Waals surface area contributed by atoms with Crippen molar-refractivity contribution in [1.82, 2.24) is 4.90 Å². The van der Waals surface area contributed by atoms with Crippen molar-refractivity contribution in [2.75, 3.05) is 27.3 Å². The number of hydrogen-bond donors (Lipinski definition) is 2. The van der Waals surface area contributed by atoms with Crippen molar-refractivity contribution in [3.05, 3.63) is 59.2 Å². The number of aromatic carboxylic acids is 1. The standard InChI is InChI=1S/C24H31NO5/c1-29-22-14-19(21(24(27)28)15-23(22)30-2)13-20(26)12-17-8-10-25(11-9-17)16-18-6-4-3-5-7-18/h3-7,14-15,17,20,26H,8-13,16H2,1-2H3,(H,27,28). The van der Waals surface area contributed by atoms with E-state index in [2.05, 4.69) is 29.2 Å². The van der Waals surface area contributed by atoms with Crippen LogP contribution >= 0.6 is 0 Å². The molecule has 1 unspecified atom stereocenters. The van der Waals surface area contributed by atoms with Crippen molar-refractivity contribution in [3.8, 4) is 11.5 Å². The molecule has 1 aliphatic heterocycles. The zero-order valence-electron chi connectivity index (χ0n) is 17.7. The van der Waals surface area contributed by atoms with Gasteiger partial charge in [-0.2, -0.15) is 0 Å². The van der Waals surface area contributed by atoms with Crippen LogP contribution in [-0.2, 0) is 13.0 Å². The molecule has 0 radical (unpaired) electrons. The third-order valence-electron chi connectivity index (χ3n) is 5.86. The van der Waals surface area contributed by atoms with Crippen LogP contribution in [0.1, 0.15) is 40.7 Å². The molecule has 0 spiro atoms. The van der Waals surface area contributed by atoms with Gasteiger partial charge >= 0.3 is 5.97 Å². The van der Waals surface area contributed by atoms with Gasteiger partial charge in [-0.15, -0.1) is 0 Å². The van der Waals surface area contributed by atoms with E-state index in [0.717, 1.165) is 32.5 Å². The van der Waals surface area contributed by atoms with E-state index in [4.69, 9.17) is 9.47 Å². The predicted molar refractivity (Wildman–Crippen MR) is 115 cm³/mol. The molecule has 1 heterocycles. The molecule has 2 N–H and O–H groups in total. The van der Waals surface area contributed by atoms with Gasteiger partial charge in [-0.05, 0) is 68.0 Å². The summed E-state index contributed by atoms with van der Waals surface area (Å²) in [5.74, 6) is 0.255. The van der Waals surface area contributed by atoms with Crippen LogP contribution in [0.3, 0.4) is 0 Å². The molecule has 1 atom stereocenters. The molecule has 30 heavy (non-hydrogen) atoms. The van der Waals surface area contributed by atoms with Gasteiger partial charge in [0.15, 0.2) is 11.5 Å². The lowest BCUT2D eigenvalue weighted by atomic mass is 9.88. The second-order valence-electron chi connectivity index (χ2n) is 7.97. The highest BCUT2D eigenvalue weighted by Gasteiger charge is 2.24. The average molecular weight is 414 g/mol. The number of carbonyl (C=O) groups is 1. The number of benzene rings is 2. The maximum absolute atomic E-state index is 11.7. The minimum absolute atomic E-state index is 0.143. The second kappa shape index (κ2) is 10.5. The van der Waals surface area contributed by atoms with Gasteiger partial charge in [0.25, 0.3) is 0 Å². The Morgan fingerprint density at radius 1 is 1.10 bits per heavy atom. The van der Waals surface area contributed by atoms with E-state index in [-0.39, 0.29) is 12.0 Å². The summed E-state index contributed by atoms with van der Waals surface area (Å²) in [5, 5.41) is 20.2. The van der Waals surface area contributed by atoms with Crippen LogP contribution in [0.4, 0.5) is 0 Å². The zero-order valence-corrected chi connectivity index (χ0v) is 17.7. The largest absolute Gasteiger partial charge is 0.493 e. The van der Waals surface area contributed by atoms with Gasteiger partial charge in [0.1, 0.15) is 0 Å². The van der Waals surface area contributed by atoms with Crippen LogP contribution < -0.4 is 9.47 Å². The minimum Gasteiger partial charge on any atom is -0.493 e. The third kappa shape index (κ3) is 5.74.